The molecule has 132 valence electrons. The van der Waals surface area contributed by atoms with Crippen LogP contribution in [0.5, 0.6) is 0 Å². The van der Waals surface area contributed by atoms with Gasteiger partial charge in [0.2, 0.25) is 5.91 Å². The number of rotatable bonds is 6. The lowest BCUT2D eigenvalue weighted by molar-refractivity contribution is -0.120. The Bertz CT molecular complexity index is 831. The minimum atomic E-state index is -0.172. The molecular formula is C23H23NOS. The van der Waals surface area contributed by atoms with Gasteiger partial charge < -0.3 is 5.32 Å². The molecule has 1 amide bonds. The lowest BCUT2D eigenvalue weighted by Gasteiger charge is -2.22. The van der Waals surface area contributed by atoms with Crippen molar-refractivity contribution in [2.75, 3.05) is 0 Å². The molecule has 0 spiro atoms. The quantitative estimate of drug-likeness (QED) is 0.597. The van der Waals surface area contributed by atoms with Crippen LogP contribution in [-0.4, -0.2) is 11.2 Å². The van der Waals surface area contributed by atoms with Gasteiger partial charge in [-0.3, -0.25) is 4.79 Å². The average Bonchev–Trinajstić information content (AvgIpc) is 2.68. The third-order valence-electron chi connectivity index (χ3n) is 4.26. The van der Waals surface area contributed by atoms with E-state index in [2.05, 4.69) is 48.6 Å². The van der Waals surface area contributed by atoms with Crippen LogP contribution in [0.25, 0.3) is 0 Å². The van der Waals surface area contributed by atoms with Gasteiger partial charge in [-0.1, -0.05) is 78.4 Å². The molecule has 0 aromatic heterocycles. The predicted molar refractivity (Wildman–Crippen MR) is 109 cm³/mol. The third-order valence-corrected chi connectivity index (χ3v) is 5.37. The Labute approximate surface area is 159 Å². The highest BCUT2D eigenvalue weighted by molar-refractivity contribution is 8.00. The maximum Gasteiger partial charge on any atom is 0.233 e. The number of hydrogen-bond donors (Lipinski definition) is 1. The molecular weight excluding hydrogens is 338 g/mol. The highest BCUT2D eigenvalue weighted by Gasteiger charge is 2.21. The highest BCUT2D eigenvalue weighted by Crippen LogP contribution is 2.26. The minimum Gasteiger partial charge on any atom is -0.344 e. The summed E-state index contributed by atoms with van der Waals surface area (Å²) < 4.78 is 0. The molecule has 0 saturated carbocycles. The molecule has 2 nitrogen and oxygen atoms in total. The first-order valence-electron chi connectivity index (χ1n) is 8.77. The van der Waals surface area contributed by atoms with E-state index in [0.29, 0.717) is 0 Å². The van der Waals surface area contributed by atoms with Gasteiger partial charge in [-0.25, -0.2) is 0 Å². The van der Waals surface area contributed by atoms with E-state index in [1.807, 2.05) is 55.5 Å². The summed E-state index contributed by atoms with van der Waals surface area (Å²) >= 11 is 1.57. The van der Waals surface area contributed by atoms with E-state index >= 15 is 0 Å². The van der Waals surface area contributed by atoms with Crippen LogP contribution in [-0.2, 0) is 4.79 Å². The smallest absolute Gasteiger partial charge is 0.233 e. The van der Waals surface area contributed by atoms with Crippen molar-refractivity contribution in [2.45, 2.75) is 30.0 Å². The van der Waals surface area contributed by atoms with Crippen LogP contribution in [0.1, 0.15) is 29.7 Å². The lowest BCUT2D eigenvalue weighted by Crippen LogP contribution is -2.34. The number of thioether (sulfide) groups is 1. The fraction of sp³-hybridized carbons (Fsp3) is 0.174. The molecule has 1 N–H and O–H groups in total. The maximum absolute atomic E-state index is 12.8. The zero-order valence-electron chi connectivity index (χ0n) is 15.1. The third kappa shape index (κ3) is 4.77. The Hall–Kier alpha value is -2.52. The molecule has 3 heteroatoms. The largest absolute Gasteiger partial charge is 0.344 e. The highest BCUT2D eigenvalue weighted by atomic mass is 32.2. The summed E-state index contributed by atoms with van der Waals surface area (Å²) in [5.41, 5.74) is 3.38. The number of aryl methyl sites for hydroxylation is 1. The van der Waals surface area contributed by atoms with Crippen molar-refractivity contribution in [2.24, 2.45) is 0 Å². The molecule has 0 bridgehead atoms. The van der Waals surface area contributed by atoms with Gasteiger partial charge in [-0.15, -0.1) is 11.8 Å². The molecule has 0 heterocycles. The molecule has 3 rings (SSSR count). The zero-order chi connectivity index (χ0) is 18.4. The van der Waals surface area contributed by atoms with Crippen LogP contribution in [0, 0.1) is 6.92 Å². The van der Waals surface area contributed by atoms with Crippen LogP contribution in [0.15, 0.2) is 89.8 Å². The van der Waals surface area contributed by atoms with Gasteiger partial charge in [0.15, 0.2) is 0 Å². The summed E-state index contributed by atoms with van der Waals surface area (Å²) in [6.07, 6.45) is 0. The van der Waals surface area contributed by atoms with E-state index in [1.165, 1.54) is 5.56 Å². The van der Waals surface area contributed by atoms with Crippen molar-refractivity contribution < 1.29 is 4.79 Å². The van der Waals surface area contributed by atoms with Crippen LogP contribution >= 0.6 is 11.8 Å². The summed E-state index contributed by atoms with van der Waals surface area (Å²) in [5, 5.41) is 3.06. The molecule has 0 aliphatic carbocycles. The number of hydrogen-bond acceptors (Lipinski definition) is 2. The second-order valence-corrected chi connectivity index (χ2v) is 7.75. The molecule has 0 aliphatic rings. The van der Waals surface area contributed by atoms with Gasteiger partial charge in [0.05, 0.1) is 11.3 Å². The first-order valence-corrected chi connectivity index (χ1v) is 9.65. The molecule has 0 fully saturated rings. The lowest BCUT2D eigenvalue weighted by atomic mass is 9.97. The molecule has 3 aromatic carbocycles. The van der Waals surface area contributed by atoms with Gasteiger partial charge in [0, 0.05) is 4.90 Å². The zero-order valence-corrected chi connectivity index (χ0v) is 15.9. The summed E-state index contributed by atoms with van der Waals surface area (Å²) in [4.78, 5) is 13.9. The minimum absolute atomic E-state index is 0.0354. The fourth-order valence-electron chi connectivity index (χ4n) is 2.78. The summed E-state index contributed by atoms with van der Waals surface area (Å²) in [6.45, 7) is 4.02. The van der Waals surface area contributed by atoms with E-state index in [-0.39, 0.29) is 17.2 Å². The summed E-state index contributed by atoms with van der Waals surface area (Å²) in [7, 11) is 0. The molecule has 26 heavy (non-hydrogen) atoms. The molecule has 0 saturated heterocycles. The Morgan fingerprint density at radius 2 is 1.35 bits per heavy atom. The fourth-order valence-corrected chi connectivity index (χ4v) is 3.68. The molecule has 3 aromatic rings. The molecule has 0 unspecified atom stereocenters. The summed E-state index contributed by atoms with van der Waals surface area (Å²) in [6, 6.07) is 28.3. The van der Waals surface area contributed by atoms with E-state index in [4.69, 9.17) is 0 Å². The normalized spacial score (nSPS) is 13.0. The van der Waals surface area contributed by atoms with E-state index in [9.17, 15) is 4.79 Å². The molecule has 2 atom stereocenters. The van der Waals surface area contributed by atoms with Gasteiger partial charge in [0.1, 0.15) is 0 Å². The van der Waals surface area contributed by atoms with Crippen molar-refractivity contribution in [3.63, 3.8) is 0 Å². The van der Waals surface area contributed by atoms with E-state index in [0.717, 1.165) is 16.0 Å². The second kappa shape index (κ2) is 8.72. The standard InChI is InChI=1S/C23H23NOS/c1-17-13-15-20(16-14-17)22(19-9-5-3-6-10-19)24-23(25)18(2)26-21-11-7-4-8-12-21/h3-16,18,22H,1-2H3,(H,24,25)/t18-,22+/m0/s1. The average molecular weight is 362 g/mol. The number of carbonyl (C=O) groups excluding carboxylic acids is 1. The predicted octanol–water partition coefficient (Wildman–Crippen LogP) is 5.38. The monoisotopic (exact) mass is 361 g/mol. The van der Waals surface area contributed by atoms with Crippen molar-refractivity contribution in [3.05, 3.63) is 102 Å². The Kier molecular flexibility index (Phi) is 6.13. The number of nitrogens with one attached hydrogen (secondary N) is 1. The Balaban J connectivity index is 1.79. The topological polar surface area (TPSA) is 29.1 Å². The van der Waals surface area contributed by atoms with E-state index < -0.39 is 0 Å². The van der Waals surface area contributed by atoms with Crippen molar-refractivity contribution in [1.29, 1.82) is 0 Å². The van der Waals surface area contributed by atoms with Gasteiger partial charge >= 0.3 is 0 Å². The molecule has 0 aliphatic heterocycles. The number of benzene rings is 3. The maximum atomic E-state index is 12.8. The van der Waals surface area contributed by atoms with E-state index in [1.54, 1.807) is 11.8 Å². The SMILES string of the molecule is Cc1ccc([C@H](NC(=O)[C@H](C)Sc2ccccc2)c2ccccc2)cc1. The van der Waals surface area contributed by atoms with Crippen LogP contribution in [0.4, 0.5) is 0 Å². The van der Waals surface area contributed by atoms with Gasteiger partial charge in [0.25, 0.3) is 0 Å². The summed E-state index contributed by atoms with van der Waals surface area (Å²) in [5.74, 6) is 0.0354. The van der Waals surface area contributed by atoms with Gasteiger partial charge in [-0.05, 0) is 37.1 Å². The Morgan fingerprint density at radius 1 is 0.808 bits per heavy atom. The van der Waals surface area contributed by atoms with Crippen LogP contribution < -0.4 is 5.32 Å². The molecule has 0 radical (unpaired) electrons. The van der Waals surface area contributed by atoms with Crippen LogP contribution in [0.3, 0.4) is 0 Å². The number of amides is 1. The first kappa shape index (κ1) is 18.3. The first-order chi connectivity index (χ1) is 12.6. The number of carbonyl (C=O) groups is 1. The second-order valence-electron chi connectivity index (χ2n) is 6.34. The van der Waals surface area contributed by atoms with Crippen molar-refractivity contribution in [1.82, 2.24) is 5.32 Å². The van der Waals surface area contributed by atoms with Crippen molar-refractivity contribution >= 4 is 17.7 Å². The van der Waals surface area contributed by atoms with Crippen molar-refractivity contribution in [3.8, 4) is 0 Å². The van der Waals surface area contributed by atoms with Crippen LogP contribution in [0.2, 0.25) is 0 Å². The Morgan fingerprint density at radius 3 is 1.96 bits per heavy atom. The van der Waals surface area contributed by atoms with Gasteiger partial charge in [-0.2, -0.15) is 0 Å².